The molecule has 1 saturated heterocycles. The number of amides is 1. The summed E-state index contributed by atoms with van der Waals surface area (Å²) < 4.78 is 11.6. The number of morpholine rings is 1. The Morgan fingerprint density at radius 3 is 2.46 bits per heavy atom. The van der Waals surface area contributed by atoms with E-state index in [1.165, 1.54) is 16.0 Å². The number of hydrogen-bond donors (Lipinski definition) is 0. The van der Waals surface area contributed by atoms with Gasteiger partial charge < -0.3 is 14.1 Å². The molecule has 1 aliphatic heterocycles. The van der Waals surface area contributed by atoms with Crippen molar-refractivity contribution in [1.29, 1.82) is 0 Å². The van der Waals surface area contributed by atoms with Gasteiger partial charge in [-0.3, -0.25) is 4.79 Å². The second-order valence-corrected chi connectivity index (χ2v) is 9.77. The van der Waals surface area contributed by atoms with Crippen molar-refractivity contribution in [3.8, 4) is 0 Å². The van der Waals surface area contributed by atoms with E-state index in [9.17, 15) is 4.79 Å². The van der Waals surface area contributed by atoms with Gasteiger partial charge in [0.25, 0.3) is 5.91 Å². The number of carbonyl (C=O) groups excluding carboxylic acids is 1. The summed E-state index contributed by atoms with van der Waals surface area (Å²) in [6.07, 6.45) is 0.103. The van der Waals surface area contributed by atoms with E-state index >= 15 is 0 Å². The Kier molecular flexibility index (Phi) is 6.25. The number of benzene rings is 1. The molecule has 152 valence electrons. The normalized spacial score (nSPS) is 20.4. The molecule has 0 aliphatic carbocycles. The summed E-state index contributed by atoms with van der Waals surface area (Å²) in [6.45, 7) is 14.0. The summed E-state index contributed by atoms with van der Waals surface area (Å²) in [5.74, 6) is 1.89. The number of furan rings is 1. The summed E-state index contributed by atoms with van der Waals surface area (Å²) in [7, 11) is 0. The van der Waals surface area contributed by atoms with E-state index < -0.39 is 0 Å². The number of hydrogen-bond acceptors (Lipinski definition) is 4. The highest BCUT2D eigenvalue weighted by atomic mass is 32.2. The first kappa shape index (κ1) is 21.0. The number of rotatable bonds is 4. The van der Waals surface area contributed by atoms with Gasteiger partial charge in [-0.05, 0) is 55.5 Å². The van der Waals surface area contributed by atoms with Gasteiger partial charge >= 0.3 is 0 Å². The van der Waals surface area contributed by atoms with Crippen molar-refractivity contribution in [2.24, 2.45) is 0 Å². The second kappa shape index (κ2) is 8.34. The van der Waals surface area contributed by atoms with Crippen LogP contribution in [0.1, 0.15) is 62.1 Å². The highest BCUT2D eigenvalue weighted by molar-refractivity contribution is 7.98. The molecule has 1 aromatic heterocycles. The third-order valence-electron chi connectivity index (χ3n) is 5.00. The van der Waals surface area contributed by atoms with Gasteiger partial charge in [0.15, 0.2) is 5.76 Å². The van der Waals surface area contributed by atoms with Crippen LogP contribution in [-0.2, 0) is 15.9 Å². The maximum Gasteiger partial charge on any atom is 0.289 e. The van der Waals surface area contributed by atoms with Gasteiger partial charge in [-0.1, -0.05) is 32.9 Å². The number of thioether (sulfide) groups is 1. The van der Waals surface area contributed by atoms with Gasteiger partial charge in [0.2, 0.25) is 0 Å². The van der Waals surface area contributed by atoms with Crippen LogP contribution in [0, 0.1) is 6.92 Å². The third-order valence-corrected chi connectivity index (χ3v) is 6.18. The van der Waals surface area contributed by atoms with Gasteiger partial charge in [0, 0.05) is 18.0 Å². The van der Waals surface area contributed by atoms with Crippen LogP contribution in [0.5, 0.6) is 0 Å². The fourth-order valence-electron chi connectivity index (χ4n) is 3.44. The highest BCUT2D eigenvalue weighted by Crippen LogP contribution is 2.32. The van der Waals surface area contributed by atoms with Crippen molar-refractivity contribution in [2.75, 3.05) is 13.1 Å². The molecule has 0 N–H and O–H groups in total. The van der Waals surface area contributed by atoms with Crippen LogP contribution in [0.25, 0.3) is 0 Å². The number of carbonyl (C=O) groups is 1. The minimum atomic E-state index is -0.0517. The minimum absolute atomic E-state index is 0.0516. The third kappa shape index (κ3) is 5.00. The maximum absolute atomic E-state index is 12.8. The van der Waals surface area contributed by atoms with Crippen LogP contribution in [0.15, 0.2) is 39.6 Å². The van der Waals surface area contributed by atoms with Crippen molar-refractivity contribution >= 4 is 17.7 Å². The molecule has 5 heteroatoms. The molecule has 1 aliphatic rings. The molecule has 2 atom stereocenters. The van der Waals surface area contributed by atoms with Crippen molar-refractivity contribution in [1.82, 2.24) is 4.90 Å². The number of nitrogens with zero attached hydrogens (tertiary/aromatic N) is 1. The van der Waals surface area contributed by atoms with Crippen LogP contribution in [0.2, 0.25) is 0 Å². The predicted molar refractivity (Wildman–Crippen MR) is 114 cm³/mol. The lowest BCUT2D eigenvalue weighted by Gasteiger charge is -2.34. The molecular formula is C23H31NO3S. The molecule has 0 spiro atoms. The zero-order chi connectivity index (χ0) is 20.5. The lowest BCUT2D eigenvalue weighted by atomic mass is 9.87. The summed E-state index contributed by atoms with van der Waals surface area (Å²) in [5, 5.41) is 0. The van der Waals surface area contributed by atoms with E-state index in [4.69, 9.17) is 9.15 Å². The van der Waals surface area contributed by atoms with Gasteiger partial charge in [-0.2, -0.15) is 0 Å². The second-order valence-electron chi connectivity index (χ2n) is 8.75. The number of aryl methyl sites for hydroxylation is 1. The SMILES string of the molecule is Cc1ccc(C(C)(C)C)cc1SCc1ccc(C(=O)N2CC(C)OC(C)C2)o1. The van der Waals surface area contributed by atoms with E-state index in [2.05, 4.69) is 45.9 Å². The molecule has 0 saturated carbocycles. The smallest absolute Gasteiger partial charge is 0.289 e. The molecule has 4 nitrogen and oxygen atoms in total. The average molecular weight is 402 g/mol. The highest BCUT2D eigenvalue weighted by Gasteiger charge is 2.28. The fraction of sp³-hybridized carbons (Fsp3) is 0.522. The van der Waals surface area contributed by atoms with Crippen LogP contribution in [0.3, 0.4) is 0 Å². The standard InChI is InChI=1S/C23H31NO3S/c1-15-7-8-18(23(4,5)6)11-21(15)28-14-19-9-10-20(27-19)22(25)24-12-16(2)26-17(3)13-24/h7-11,16-17H,12-14H2,1-6H3. The van der Waals surface area contributed by atoms with Crippen molar-refractivity contribution < 1.29 is 13.9 Å². The molecule has 1 fully saturated rings. The molecule has 2 unspecified atom stereocenters. The Morgan fingerprint density at radius 1 is 1.14 bits per heavy atom. The fourth-order valence-corrected chi connectivity index (χ4v) is 4.40. The van der Waals surface area contributed by atoms with Gasteiger partial charge in [-0.25, -0.2) is 0 Å². The van der Waals surface area contributed by atoms with Crippen LogP contribution in [0.4, 0.5) is 0 Å². The largest absolute Gasteiger partial charge is 0.455 e. The Labute approximate surface area is 172 Å². The van der Waals surface area contributed by atoms with E-state index in [1.54, 1.807) is 17.8 Å². The van der Waals surface area contributed by atoms with Gasteiger partial charge in [0.1, 0.15) is 5.76 Å². The Morgan fingerprint density at radius 2 is 1.82 bits per heavy atom. The maximum atomic E-state index is 12.8. The molecule has 2 heterocycles. The summed E-state index contributed by atoms with van der Waals surface area (Å²) in [6, 6.07) is 10.4. The minimum Gasteiger partial charge on any atom is -0.455 e. The summed E-state index contributed by atoms with van der Waals surface area (Å²) in [5.41, 5.74) is 2.71. The molecule has 0 radical (unpaired) electrons. The van der Waals surface area contributed by atoms with Gasteiger partial charge in [-0.15, -0.1) is 11.8 Å². The van der Waals surface area contributed by atoms with Crippen LogP contribution >= 0.6 is 11.8 Å². The molecule has 1 aromatic carbocycles. The Bertz CT molecular complexity index is 827. The molecule has 0 bridgehead atoms. The van der Waals surface area contributed by atoms with Crippen LogP contribution in [-0.4, -0.2) is 36.1 Å². The first-order valence-corrected chi connectivity index (χ1v) is 10.9. The lowest BCUT2D eigenvalue weighted by Crippen LogP contribution is -2.48. The van der Waals surface area contributed by atoms with Crippen LogP contribution < -0.4 is 0 Å². The van der Waals surface area contributed by atoms with E-state index in [1.807, 2.05) is 24.8 Å². The molecule has 28 heavy (non-hydrogen) atoms. The first-order valence-electron chi connectivity index (χ1n) is 9.91. The number of ether oxygens (including phenoxy) is 1. The Hall–Kier alpha value is -1.72. The van der Waals surface area contributed by atoms with Crippen molar-refractivity contribution in [3.63, 3.8) is 0 Å². The zero-order valence-corrected chi connectivity index (χ0v) is 18.6. The zero-order valence-electron chi connectivity index (χ0n) is 17.7. The predicted octanol–water partition coefficient (Wildman–Crippen LogP) is 5.43. The first-order chi connectivity index (χ1) is 13.1. The monoisotopic (exact) mass is 401 g/mol. The quantitative estimate of drug-likeness (QED) is 0.641. The Balaban J connectivity index is 1.66. The summed E-state index contributed by atoms with van der Waals surface area (Å²) in [4.78, 5) is 15.8. The average Bonchev–Trinajstić information content (AvgIpc) is 3.07. The van der Waals surface area contributed by atoms with E-state index in [0.717, 1.165) is 5.76 Å². The van der Waals surface area contributed by atoms with Crippen molar-refractivity contribution in [2.45, 2.75) is 69.8 Å². The summed E-state index contributed by atoms with van der Waals surface area (Å²) >= 11 is 1.75. The molecular weight excluding hydrogens is 370 g/mol. The van der Waals surface area contributed by atoms with Crippen molar-refractivity contribution in [3.05, 3.63) is 53.0 Å². The topological polar surface area (TPSA) is 42.7 Å². The molecule has 1 amide bonds. The lowest BCUT2D eigenvalue weighted by molar-refractivity contribution is -0.0592. The van der Waals surface area contributed by atoms with E-state index in [-0.39, 0.29) is 23.5 Å². The molecule has 3 rings (SSSR count). The van der Waals surface area contributed by atoms with E-state index in [0.29, 0.717) is 24.6 Å². The van der Waals surface area contributed by atoms with Gasteiger partial charge in [0.05, 0.1) is 18.0 Å². The molecule has 2 aromatic rings.